The molecule has 2 aromatic rings. The SMILES string of the molecule is COc1ccc(-c2cccc3c2CCC3=O)c(OCC2(C(=O)OC(C)C)CC2)c1OC(O)(O)O. The van der Waals surface area contributed by atoms with Gasteiger partial charge in [0, 0.05) is 17.5 Å². The summed E-state index contributed by atoms with van der Waals surface area (Å²) in [5.74, 6) is -0.488. The number of carbonyl (C=O) groups excluding carboxylic acids is 2. The number of hydrogen-bond donors (Lipinski definition) is 3. The quantitative estimate of drug-likeness (QED) is 0.372. The maximum atomic E-state index is 12.6. The van der Waals surface area contributed by atoms with Crippen LogP contribution in [0.4, 0.5) is 0 Å². The van der Waals surface area contributed by atoms with Gasteiger partial charge in [0.15, 0.2) is 17.3 Å². The lowest BCUT2D eigenvalue weighted by Gasteiger charge is -2.24. The van der Waals surface area contributed by atoms with Gasteiger partial charge in [0.25, 0.3) is 0 Å². The standard InChI is InChI=1S/C25H28O9/c1-14(2)33-23(27)24(11-12-24)13-32-21-18(8-10-20(31-3)22(21)34-25(28,29)30)15-5-4-6-17-16(15)7-9-19(17)26/h4-6,8,10,14,28-30H,7,9,11-13H2,1-3H3. The van der Waals surface area contributed by atoms with E-state index in [0.29, 0.717) is 42.4 Å². The fourth-order valence-corrected chi connectivity index (χ4v) is 4.14. The molecular weight excluding hydrogens is 444 g/mol. The van der Waals surface area contributed by atoms with Crippen molar-refractivity contribution in [3.05, 3.63) is 41.5 Å². The van der Waals surface area contributed by atoms with Gasteiger partial charge in [-0.05, 0) is 56.4 Å². The molecule has 0 aromatic heterocycles. The summed E-state index contributed by atoms with van der Waals surface area (Å²) < 4.78 is 21.8. The van der Waals surface area contributed by atoms with Crippen molar-refractivity contribution in [3.8, 4) is 28.4 Å². The fourth-order valence-electron chi connectivity index (χ4n) is 4.14. The lowest BCUT2D eigenvalue weighted by atomic mass is 9.95. The second kappa shape index (κ2) is 8.90. The van der Waals surface area contributed by atoms with E-state index < -0.39 is 11.6 Å². The Morgan fingerprint density at radius 3 is 2.35 bits per heavy atom. The first-order chi connectivity index (χ1) is 16.0. The predicted octanol–water partition coefficient (Wildman–Crippen LogP) is 2.57. The minimum absolute atomic E-state index is 0.0391. The molecule has 0 radical (unpaired) electrons. The number of benzene rings is 2. The summed E-state index contributed by atoms with van der Waals surface area (Å²) in [6, 6.07) is 8.55. The number of fused-ring (bicyclic) bond motifs is 1. The largest absolute Gasteiger partial charge is 0.493 e. The van der Waals surface area contributed by atoms with E-state index in [-0.39, 0.29) is 41.7 Å². The lowest BCUT2D eigenvalue weighted by Crippen LogP contribution is -2.35. The Morgan fingerprint density at radius 2 is 1.74 bits per heavy atom. The van der Waals surface area contributed by atoms with Crippen molar-refractivity contribution in [2.45, 2.75) is 51.8 Å². The van der Waals surface area contributed by atoms with Crippen LogP contribution < -0.4 is 14.2 Å². The number of carbonyl (C=O) groups is 2. The molecule has 1 saturated carbocycles. The van der Waals surface area contributed by atoms with Crippen LogP contribution in [-0.2, 0) is 16.0 Å². The molecule has 9 nitrogen and oxygen atoms in total. The van der Waals surface area contributed by atoms with E-state index in [1.54, 1.807) is 32.0 Å². The molecule has 3 N–H and O–H groups in total. The molecule has 0 spiro atoms. The molecule has 0 unspecified atom stereocenters. The van der Waals surface area contributed by atoms with Crippen molar-refractivity contribution in [1.82, 2.24) is 0 Å². The van der Waals surface area contributed by atoms with E-state index in [0.717, 1.165) is 5.56 Å². The highest BCUT2D eigenvalue weighted by Crippen LogP contribution is 2.51. The van der Waals surface area contributed by atoms with Gasteiger partial charge in [0.05, 0.1) is 13.2 Å². The van der Waals surface area contributed by atoms with Gasteiger partial charge in [-0.1, -0.05) is 18.2 Å². The zero-order chi connectivity index (χ0) is 24.7. The molecule has 2 aliphatic rings. The van der Waals surface area contributed by atoms with Crippen LogP contribution in [0.15, 0.2) is 30.3 Å². The topological polar surface area (TPSA) is 132 Å². The van der Waals surface area contributed by atoms with Crippen LogP contribution in [0.5, 0.6) is 17.2 Å². The predicted molar refractivity (Wildman–Crippen MR) is 119 cm³/mol. The number of ether oxygens (including phenoxy) is 4. The number of hydrogen-bond acceptors (Lipinski definition) is 9. The summed E-state index contributed by atoms with van der Waals surface area (Å²) in [6.07, 6.45) is -1.70. The minimum atomic E-state index is -3.51. The summed E-state index contributed by atoms with van der Waals surface area (Å²) in [5, 5.41) is 28.7. The second-order valence-corrected chi connectivity index (χ2v) is 8.93. The van der Waals surface area contributed by atoms with Crippen LogP contribution in [-0.4, -0.2) is 53.1 Å². The monoisotopic (exact) mass is 472 g/mol. The molecule has 34 heavy (non-hydrogen) atoms. The van der Waals surface area contributed by atoms with Crippen molar-refractivity contribution < 1.29 is 43.9 Å². The van der Waals surface area contributed by atoms with Crippen LogP contribution in [0.2, 0.25) is 0 Å². The van der Waals surface area contributed by atoms with E-state index in [1.165, 1.54) is 13.2 Å². The number of ketones is 1. The molecular formula is C25H28O9. The van der Waals surface area contributed by atoms with Gasteiger partial charge < -0.3 is 34.3 Å². The first-order valence-electron chi connectivity index (χ1n) is 11.1. The van der Waals surface area contributed by atoms with Crippen LogP contribution in [0.3, 0.4) is 0 Å². The number of esters is 1. The molecule has 0 heterocycles. The number of aliphatic hydroxyl groups is 3. The van der Waals surface area contributed by atoms with Gasteiger partial charge in [-0.2, -0.15) is 0 Å². The molecule has 2 aliphatic carbocycles. The van der Waals surface area contributed by atoms with Crippen molar-refractivity contribution >= 4 is 11.8 Å². The average Bonchev–Trinajstić information content (AvgIpc) is 3.47. The third kappa shape index (κ3) is 4.72. The van der Waals surface area contributed by atoms with Crippen LogP contribution >= 0.6 is 0 Å². The van der Waals surface area contributed by atoms with Crippen molar-refractivity contribution in [3.63, 3.8) is 0 Å². The van der Waals surface area contributed by atoms with Crippen LogP contribution in [0, 0.1) is 5.41 Å². The molecule has 9 heteroatoms. The molecule has 0 atom stereocenters. The highest BCUT2D eigenvalue weighted by atomic mass is 16.9. The number of rotatable bonds is 9. The van der Waals surface area contributed by atoms with E-state index in [2.05, 4.69) is 0 Å². The summed E-state index contributed by atoms with van der Waals surface area (Å²) in [6.45, 7) is 3.47. The maximum absolute atomic E-state index is 12.6. The molecule has 1 fully saturated rings. The Balaban J connectivity index is 1.80. The average molecular weight is 472 g/mol. The Kier molecular flexibility index (Phi) is 6.28. The molecule has 0 amide bonds. The number of methoxy groups -OCH3 is 1. The molecule has 0 aliphatic heterocycles. The van der Waals surface area contributed by atoms with Crippen molar-refractivity contribution in [1.29, 1.82) is 0 Å². The van der Waals surface area contributed by atoms with Crippen LogP contribution in [0.1, 0.15) is 49.0 Å². The van der Waals surface area contributed by atoms with E-state index >= 15 is 0 Å². The van der Waals surface area contributed by atoms with Gasteiger partial charge in [-0.15, -0.1) is 0 Å². The van der Waals surface area contributed by atoms with Gasteiger partial charge in [-0.3, -0.25) is 9.59 Å². The Bertz CT molecular complexity index is 1110. The summed E-state index contributed by atoms with van der Waals surface area (Å²) in [7, 11) is 1.35. The zero-order valence-corrected chi connectivity index (χ0v) is 19.3. The zero-order valence-electron chi connectivity index (χ0n) is 19.3. The summed E-state index contributed by atoms with van der Waals surface area (Å²) in [4.78, 5) is 24.9. The maximum Gasteiger partial charge on any atom is 0.453 e. The fraction of sp³-hybridized carbons (Fsp3) is 0.440. The molecule has 0 saturated heterocycles. The molecule has 2 aromatic carbocycles. The Labute approximate surface area is 196 Å². The summed E-state index contributed by atoms with van der Waals surface area (Å²) in [5.41, 5.74) is 1.80. The normalized spacial score (nSPS) is 16.3. The highest BCUT2D eigenvalue weighted by Gasteiger charge is 2.53. The highest BCUT2D eigenvalue weighted by molar-refractivity contribution is 6.02. The Hall–Kier alpha value is -3.14. The smallest absolute Gasteiger partial charge is 0.453 e. The lowest BCUT2D eigenvalue weighted by molar-refractivity contribution is -0.420. The van der Waals surface area contributed by atoms with Gasteiger partial charge in [0.2, 0.25) is 5.75 Å². The molecule has 0 bridgehead atoms. The van der Waals surface area contributed by atoms with E-state index in [1.807, 2.05) is 6.07 Å². The number of Topliss-reactive ketones (excluding diaryl/α,β-unsaturated/α-hetero) is 1. The van der Waals surface area contributed by atoms with Gasteiger partial charge in [-0.25, -0.2) is 0 Å². The van der Waals surface area contributed by atoms with Crippen molar-refractivity contribution in [2.24, 2.45) is 5.41 Å². The molecule has 182 valence electrons. The first kappa shape index (κ1) is 24.0. The Morgan fingerprint density at radius 1 is 1.03 bits per heavy atom. The minimum Gasteiger partial charge on any atom is -0.493 e. The summed E-state index contributed by atoms with van der Waals surface area (Å²) >= 11 is 0. The van der Waals surface area contributed by atoms with Gasteiger partial charge in [0.1, 0.15) is 12.0 Å². The van der Waals surface area contributed by atoms with E-state index in [9.17, 15) is 24.9 Å². The third-order valence-electron chi connectivity index (χ3n) is 6.03. The van der Waals surface area contributed by atoms with Crippen molar-refractivity contribution in [2.75, 3.05) is 13.7 Å². The second-order valence-electron chi connectivity index (χ2n) is 8.93. The van der Waals surface area contributed by atoms with Crippen LogP contribution in [0.25, 0.3) is 11.1 Å². The van der Waals surface area contributed by atoms with Gasteiger partial charge >= 0.3 is 12.1 Å². The van der Waals surface area contributed by atoms with E-state index in [4.69, 9.17) is 18.9 Å². The molecule has 4 rings (SSSR count). The first-order valence-corrected chi connectivity index (χ1v) is 11.1. The third-order valence-corrected chi connectivity index (χ3v) is 6.03.